The van der Waals surface area contributed by atoms with E-state index in [9.17, 15) is 0 Å². The summed E-state index contributed by atoms with van der Waals surface area (Å²) in [6, 6.07) is 12.8. The van der Waals surface area contributed by atoms with Gasteiger partial charge in [-0.2, -0.15) is 0 Å². The molecule has 1 fully saturated rings. The van der Waals surface area contributed by atoms with Gasteiger partial charge in [-0.3, -0.25) is 0 Å². The number of nitrogens with two attached hydrogens (primary N) is 1. The monoisotopic (exact) mass is 324 g/mol. The lowest BCUT2D eigenvalue weighted by atomic mass is 9.73. The lowest BCUT2D eigenvalue weighted by Gasteiger charge is -2.41. The third kappa shape index (κ3) is 3.29. The van der Waals surface area contributed by atoms with E-state index in [4.69, 9.17) is 10.7 Å². The van der Waals surface area contributed by atoms with Crippen LogP contribution < -0.4 is 10.6 Å². The fourth-order valence-electron chi connectivity index (χ4n) is 3.55. The number of anilines is 1. The fraction of sp³-hybridized carbons (Fsp3) is 0.500. The molecule has 2 heterocycles. The molecule has 1 aliphatic heterocycles. The highest BCUT2D eigenvalue weighted by molar-refractivity contribution is 5.36. The average Bonchev–Trinajstić information content (AvgIpc) is 2.62. The molecule has 4 heteroatoms. The second kappa shape index (κ2) is 6.89. The van der Waals surface area contributed by atoms with Crippen LogP contribution in [0.3, 0.4) is 0 Å². The predicted molar refractivity (Wildman–Crippen MR) is 99.5 cm³/mol. The Labute approximate surface area is 145 Å². The Hall–Kier alpha value is -1.94. The second-order valence-electron chi connectivity index (χ2n) is 7.23. The Morgan fingerprint density at radius 1 is 1.12 bits per heavy atom. The van der Waals surface area contributed by atoms with E-state index in [0.717, 1.165) is 43.3 Å². The van der Waals surface area contributed by atoms with Gasteiger partial charge in [-0.1, -0.05) is 44.2 Å². The smallest absolute Gasteiger partial charge is 0.225 e. The second-order valence-corrected chi connectivity index (χ2v) is 7.23. The number of rotatable bonds is 4. The van der Waals surface area contributed by atoms with Crippen LogP contribution in [-0.2, 0) is 5.41 Å². The number of nitrogens with zero attached hydrogens (tertiary/aromatic N) is 3. The molecule has 128 valence electrons. The van der Waals surface area contributed by atoms with Crippen molar-refractivity contribution in [1.29, 1.82) is 0 Å². The summed E-state index contributed by atoms with van der Waals surface area (Å²) in [6.45, 7) is 9.00. The molecule has 24 heavy (non-hydrogen) atoms. The highest BCUT2D eigenvalue weighted by Crippen LogP contribution is 2.35. The van der Waals surface area contributed by atoms with Crippen LogP contribution in [0.1, 0.15) is 49.6 Å². The van der Waals surface area contributed by atoms with Gasteiger partial charge < -0.3 is 10.6 Å². The Bertz CT molecular complexity index is 673. The third-order valence-electron chi connectivity index (χ3n) is 5.23. The molecule has 0 amide bonds. The largest absolute Gasteiger partial charge is 0.341 e. The predicted octanol–water partition coefficient (Wildman–Crippen LogP) is 3.41. The molecule has 0 unspecified atom stereocenters. The molecule has 1 aliphatic rings. The number of aromatic nitrogens is 2. The van der Waals surface area contributed by atoms with Gasteiger partial charge in [0, 0.05) is 36.4 Å². The first-order valence-corrected chi connectivity index (χ1v) is 8.90. The summed E-state index contributed by atoms with van der Waals surface area (Å²) < 4.78 is 0. The summed E-state index contributed by atoms with van der Waals surface area (Å²) >= 11 is 0. The van der Waals surface area contributed by atoms with Gasteiger partial charge in [0.25, 0.3) is 0 Å². The maximum absolute atomic E-state index is 6.19. The van der Waals surface area contributed by atoms with Crippen LogP contribution in [0.5, 0.6) is 0 Å². The molecule has 0 spiro atoms. The van der Waals surface area contributed by atoms with Crippen LogP contribution in [0.15, 0.2) is 36.4 Å². The van der Waals surface area contributed by atoms with E-state index in [0.29, 0.717) is 12.5 Å². The van der Waals surface area contributed by atoms with Crippen molar-refractivity contribution in [3.8, 4) is 0 Å². The Morgan fingerprint density at radius 3 is 2.38 bits per heavy atom. The molecule has 1 saturated heterocycles. The van der Waals surface area contributed by atoms with Crippen molar-refractivity contribution in [2.24, 2.45) is 5.73 Å². The first-order valence-electron chi connectivity index (χ1n) is 8.90. The first kappa shape index (κ1) is 16.9. The summed E-state index contributed by atoms with van der Waals surface area (Å²) in [5, 5.41) is 0. The highest BCUT2D eigenvalue weighted by Gasteiger charge is 2.35. The van der Waals surface area contributed by atoms with E-state index >= 15 is 0 Å². The van der Waals surface area contributed by atoms with Gasteiger partial charge in [0.1, 0.15) is 0 Å². The van der Waals surface area contributed by atoms with Crippen LogP contribution in [0.25, 0.3) is 0 Å². The van der Waals surface area contributed by atoms with Gasteiger partial charge in [0.2, 0.25) is 5.95 Å². The maximum Gasteiger partial charge on any atom is 0.225 e. The summed E-state index contributed by atoms with van der Waals surface area (Å²) in [5.41, 5.74) is 9.81. The minimum Gasteiger partial charge on any atom is -0.341 e. The molecule has 2 aromatic rings. The molecule has 2 N–H and O–H groups in total. The van der Waals surface area contributed by atoms with Gasteiger partial charge in [-0.05, 0) is 37.3 Å². The van der Waals surface area contributed by atoms with Crippen molar-refractivity contribution >= 4 is 5.95 Å². The quantitative estimate of drug-likeness (QED) is 0.936. The molecular weight excluding hydrogens is 296 g/mol. The molecule has 0 radical (unpaired) electrons. The molecule has 3 rings (SSSR count). The average molecular weight is 324 g/mol. The number of benzene rings is 1. The minimum absolute atomic E-state index is 0.0858. The van der Waals surface area contributed by atoms with Gasteiger partial charge in [0.05, 0.1) is 0 Å². The van der Waals surface area contributed by atoms with Crippen molar-refractivity contribution in [3.63, 3.8) is 0 Å². The Balaban J connectivity index is 1.80. The highest BCUT2D eigenvalue weighted by atomic mass is 15.3. The van der Waals surface area contributed by atoms with E-state index in [1.54, 1.807) is 0 Å². The summed E-state index contributed by atoms with van der Waals surface area (Å²) in [4.78, 5) is 11.8. The van der Waals surface area contributed by atoms with Crippen LogP contribution in [0, 0.1) is 6.92 Å². The van der Waals surface area contributed by atoms with Crippen molar-refractivity contribution in [2.75, 3.05) is 24.5 Å². The molecule has 0 aliphatic carbocycles. The van der Waals surface area contributed by atoms with Crippen LogP contribution in [0.4, 0.5) is 5.95 Å². The lowest BCUT2D eigenvalue weighted by Crippen LogP contribution is -2.47. The SMILES string of the molecule is Cc1cc(C(C)C)nc(N2CCC(CN)(c3ccccc3)CC2)n1. The van der Waals surface area contributed by atoms with Crippen LogP contribution in [0.2, 0.25) is 0 Å². The van der Waals surface area contributed by atoms with Crippen molar-refractivity contribution in [3.05, 3.63) is 53.3 Å². The van der Waals surface area contributed by atoms with Crippen LogP contribution in [-0.4, -0.2) is 29.6 Å². The van der Waals surface area contributed by atoms with E-state index in [-0.39, 0.29) is 5.41 Å². The number of aryl methyl sites for hydroxylation is 1. The van der Waals surface area contributed by atoms with Crippen LogP contribution >= 0.6 is 0 Å². The van der Waals surface area contributed by atoms with Crippen molar-refractivity contribution in [1.82, 2.24) is 9.97 Å². The third-order valence-corrected chi connectivity index (χ3v) is 5.23. The number of hydrogen-bond donors (Lipinski definition) is 1. The number of piperidine rings is 1. The molecular formula is C20H28N4. The maximum atomic E-state index is 6.19. The van der Waals surface area contributed by atoms with E-state index in [2.05, 4.69) is 67.1 Å². The van der Waals surface area contributed by atoms with Gasteiger partial charge in [-0.15, -0.1) is 0 Å². The summed E-state index contributed by atoms with van der Waals surface area (Å²) in [6.07, 6.45) is 2.09. The van der Waals surface area contributed by atoms with Gasteiger partial charge in [0.15, 0.2) is 0 Å². The fourth-order valence-corrected chi connectivity index (χ4v) is 3.55. The molecule has 1 aromatic carbocycles. The molecule has 4 nitrogen and oxygen atoms in total. The zero-order chi connectivity index (χ0) is 17.2. The minimum atomic E-state index is 0.0858. The van der Waals surface area contributed by atoms with E-state index in [1.165, 1.54) is 5.56 Å². The lowest BCUT2D eigenvalue weighted by molar-refractivity contribution is 0.337. The molecule has 1 aromatic heterocycles. The standard InChI is InChI=1S/C20H28N4/c1-15(2)18-13-16(3)22-19(23-18)24-11-9-20(14-21,10-12-24)17-7-5-4-6-8-17/h4-8,13,15H,9-12,14,21H2,1-3H3. The van der Waals surface area contributed by atoms with Gasteiger partial charge >= 0.3 is 0 Å². The summed E-state index contributed by atoms with van der Waals surface area (Å²) in [5.74, 6) is 1.29. The first-order chi connectivity index (χ1) is 11.5. The zero-order valence-corrected chi connectivity index (χ0v) is 15.0. The van der Waals surface area contributed by atoms with E-state index in [1.807, 2.05) is 0 Å². The van der Waals surface area contributed by atoms with Crippen molar-refractivity contribution in [2.45, 2.75) is 44.9 Å². The zero-order valence-electron chi connectivity index (χ0n) is 15.0. The molecule has 0 bridgehead atoms. The topological polar surface area (TPSA) is 55.0 Å². The van der Waals surface area contributed by atoms with Gasteiger partial charge in [-0.25, -0.2) is 9.97 Å². The summed E-state index contributed by atoms with van der Waals surface area (Å²) in [7, 11) is 0. The molecule has 0 atom stereocenters. The normalized spacial score (nSPS) is 17.3. The van der Waals surface area contributed by atoms with E-state index < -0.39 is 0 Å². The number of hydrogen-bond acceptors (Lipinski definition) is 4. The Morgan fingerprint density at radius 2 is 1.79 bits per heavy atom. The van der Waals surface area contributed by atoms with Crippen molar-refractivity contribution < 1.29 is 0 Å². The Kier molecular flexibility index (Phi) is 4.86. The molecule has 0 saturated carbocycles.